The Bertz CT molecular complexity index is 470. The molecular weight excluding hydrogens is 244 g/mol. The van der Waals surface area contributed by atoms with Gasteiger partial charge in [-0.25, -0.2) is 4.79 Å². The molecule has 4 nitrogen and oxygen atoms in total. The van der Waals surface area contributed by atoms with Crippen molar-refractivity contribution in [2.45, 2.75) is 26.4 Å². The Hall–Kier alpha value is -1.97. The van der Waals surface area contributed by atoms with Crippen LogP contribution in [-0.4, -0.2) is 25.8 Å². The molecule has 104 valence electrons. The molecular formula is C15H20O4. The molecule has 0 bridgehead atoms. The number of rotatable bonds is 4. The normalized spacial score (nSPS) is 11.4. The van der Waals surface area contributed by atoms with E-state index in [9.17, 15) is 4.79 Å². The quantitative estimate of drug-likeness (QED) is 0.619. The number of ether oxygens (including phenoxy) is 3. The molecule has 0 saturated heterocycles. The number of methoxy groups -OCH3 is 2. The van der Waals surface area contributed by atoms with Crippen LogP contribution in [0.2, 0.25) is 0 Å². The summed E-state index contributed by atoms with van der Waals surface area (Å²) in [4.78, 5) is 11.6. The van der Waals surface area contributed by atoms with Crippen LogP contribution in [0.5, 0.6) is 11.5 Å². The van der Waals surface area contributed by atoms with E-state index in [1.54, 1.807) is 32.4 Å². The molecule has 0 unspecified atom stereocenters. The van der Waals surface area contributed by atoms with E-state index in [4.69, 9.17) is 14.2 Å². The molecule has 19 heavy (non-hydrogen) atoms. The molecule has 0 aliphatic carbocycles. The van der Waals surface area contributed by atoms with Crippen LogP contribution in [0.15, 0.2) is 24.3 Å². The molecule has 0 heterocycles. The molecule has 0 fully saturated rings. The lowest BCUT2D eigenvalue weighted by molar-refractivity contribution is -0.148. The second kappa shape index (κ2) is 6.27. The van der Waals surface area contributed by atoms with Crippen LogP contribution in [-0.2, 0) is 9.53 Å². The van der Waals surface area contributed by atoms with Crippen LogP contribution in [0.3, 0.4) is 0 Å². The summed E-state index contributed by atoms with van der Waals surface area (Å²) in [7, 11) is 3.16. The molecule has 0 radical (unpaired) electrons. The molecule has 0 spiro atoms. The first kappa shape index (κ1) is 15.1. The van der Waals surface area contributed by atoms with Crippen LogP contribution >= 0.6 is 0 Å². The Morgan fingerprint density at radius 2 is 1.84 bits per heavy atom. The highest BCUT2D eigenvalue weighted by Crippen LogP contribution is 2.25. The third kappa shape index (κ3) is 5.04. The predicted molar refractivity (Wildman–Crippen MR) is 74.4 cm³/mol. The van der Waals surface area contributed by atoms with Gasteiger partial charge in [-0.3, -0.25) is 0 Å². The average Bonchev–Trinajstić information content (AvgIpc) is 2.34. The van der Waals surface area contributed by atoms with Crippen LogP contribution < -0.4 is 9.47 Å². The van der Waals surface area contributed by atoms with Crippen LogP contribution in [0.4, 0.5) is 0 Å². The Morgan fingerprint density at radius 1 is 1.16 bits per heavy atom. The number of carbonyl (C=O) groups is 1. The smallest absolute Gasteiger partial charge is 0.331 e. The first-order valence-electron chi connectivity index (χ1n) is 5.99. The highest BCUT2D eigenvalue weighted by atomic mass is 16.6. The lowest BCUT2D eigenvalue weighted by Crippen LogP contribution is -2.22. The zero-order valence-corrected chi connectivity index (χ0v) is 12.0. The third-order valence-corrected chi connectivity index (χ3v) is 2.25. The summed E-state index contributed by atoms with van der Waals surface area (Å²) >= 11 is 0. The largest absolute Gasteiger partial charge is 0.497 e. The minimum Gasteiger partial charge on any atom is -0.497 e. The second-order valence-electron chi connectivity index (χ2n) is 4.97. The second-order valence-corrected chi connectivity index (χ2v) is 4.97. The SMILES string of the molecule is COc1ccc(/C=C/C(=O)OC(C)(C)C)c(OC)c1. The zero-order valence-electron chi connectivity index (χ0n) is 12.0. The van der Waals surface area contributed by atoms with Gasteiger partial charge in [0.15, 0.2) is 0 Å². The molecule has 0 atom stereocenters. The van der Waals surface area contributed by atoms with E-state index < -0.39 is 5.60 Å². The number of esters is 1. The highest BCUT2D eigenvalue weighted by Gasteiger charge is 2.14. The molecule has 4 heteroatoms. The molecule has 1 rings (SSSR count). The van der Waals surface area contributed by atoms with Crippen molar-refractivity contribution in [1.82, 2.24) is 0 Å². The maximum absolute atomic E-state index is 11.6. The van der Waals surface area contributed by atoms with Gasteiger partial charge in [-0.1, -0.05) is 0 Å². The Balaban J connectivity index is 2.84. The standard InChI is InChI=1S/C15H20O4/c1-15(2,3)19-14(16)9-7-11-6-8-12(17-4)10-13(11)18-5/h6-10H,1-5H3/b9-7+. The van der Waals surface area contributed by atoms with Crippen molar-refractivity contribution in [2.24, 2.45) is 0 Å². The topological polar surface area (TPSA) is 44.8 Å². The van der Waals surface area contributed by atoms with Gasteiger partial charge in [-0.15, -0.1) is 0 Å². The number of benzene rings is 1. The fourth-order valence-corrected chi connectivity index (χ4v) is 1.45. The van der Waals surface area contributed by atoms with Gasteiger partial charge in [-0.2, -0.15) is 0 Å². The van der Waals surface area contributed by atoms with Crippen molar-refractivity contribution in [3.8, 4) is 11.5 Å². The maximum atomic E-state index is 11.6. The van der Waals surface area contributed by atoms with Crippen LogP contribution in [0.1, 0.15) is 26.3 Å². The summed E-state index contributed by atoms with van der Waals surface area (Å²) in [5.41, 5.74) is 0.292. The first-order valence-corrected chi connectivity index (χ1v) is 5.99. The Labute approximate surface area is 114 Å². The highest BCUT2D eigenvalue weighted by molar-refractivity contribution is 5.87. The summed E-state index contributed by atoms with van der Waals surface area (Å²) in [6.07, 6.45) is 3.04. The fraction of sp³-hybridized carbons (Fsp3) is 0.400. The summed E-state index contributed by atoms with van der Waals surface area (Å²) < 4.78 is 15.5. The fourth-order valence-electron chi connectivity index (χ4n) is 1.45. The lowest BCUT2D eigenvalue weighted by Gasteiger charge is -2.17. The monoisotopic (exact) mass is 264 g/mol. The summed E-state index contributed by atoms with van der Waals surface area (Å²) in [6.45, 7) is 5.48. The molecule has 0 aliphatic rings. The van der Waals surface area contributed by atoms with Crippen molar-refractivity contribution in [3.05, 3.63) is 29.8 Å². The summed E-state index contributed by atoms with van der Waals surface area (Å²) in [5, 5.41) is 0. The van der Waals surface area contributed by atoms with Gasteiger partial charge in [0.05, 0.1) is 14.2 Å². The molecule has 0 N–H and O–H groups in total. The van der Waals surface area contributed by atoms with Gasteiger partial charge in [0, 0.05) is 17.7 Å². The zero-order chi connectivity index (χ0) is 14.5. The minimum atomic E-state index is -0.495. The van der Waals surface area contributed by atoms with Crippen molar-refractivity contribution in [2.75, 3.05) is 14.2 Å². The van der Waals surface area contributed by atoms with E-state index in [0.29, 0.717) is 11.5 Å². The Kier molecular flexibility index (Phi) is 4.98. The summed E-state index contributed by atoms with van der Waals surface area (Å²) in [6, 6.07) is 5.38. The molecule has 0 amide bonds. The van der Waals surface area contributed by atoms with Crippen LogP contribution in [0, 0.1) is 0 Å². The average molecular weight is 264 g/mol. The third-order valence-electron chi connectivity index (χ3n) is 2.25. The molecule has 1 aromatic rings. The number of hydrogen-bond donors (Lipinski definition) is 0. The predicted octanol–water partition coefficient (Wildman–Crippen LogP) is 3.06. The number of carbonyl (C=O) groups excluding carboxylic acids is 1. The van der Waals surface area contributed by atoms with Gasteiger partial charge in [-0.05, 0) is 39.0 Å². The molecule has 0 aliphatic heterocycles. The van der Waals surface area contributed by atoms with Crippen molar-refractivity contribution < 1.29 is 19.0 Å². The minimum absolute atomic E-state index is 0.384. The first-order chi connectivity index (χ1) is 8.85. The van der Waals surface area contributed by atoms with E-state index in [0.717, 1.165) is 5.56 Å². The Morgan fingerprint density at radius 3 is 2.37 bits per heavy atom. The van der Waals surface area contributed by atoms with Crippen molar-refractivity contribution in [1.29, 1.82) is 0 Å². The summed E-state index contributed by atoms with van der Waals surface area (Å²) in [5.74, 6) is 0.954. The molecule has 0 saturated carbocycles. The van der Waals surface area contributed by atoms with Crippen molar-refractivity contribution in [3.63, 3.8) is 0 Å². The van der Waals surface area contributed by atoms with Gasteiger partial charge in [0.2, 0.25) is 0 Å². The molecule has 0 aromatic heterocycles. The van der Waals surface area contributed by atoms with Gasteiger partial charge >= 0.3 is 5.97 Å². The van der Waals surface area contributed by atoms with Gasteiger partial charge in [0.25, 0.3) is 0 Å². The van der Waals surface area contributed by atoms with Crippen molar-refractivity contribution >= 4 is 12.0 Å². The van der Waals surface area contributed by atoms with Gasteiger partial charge in [0.1, 0.15) is 17.1 Å². The van der Waals surface area contributed by atoms with E-state index >= 15 is 0 Å². The number of hydrogen-bond acceptors (Lipinski definition) is 4. The maximum Gasteiger partial charge on any atom is 0.331 e. The van der Waals surface area contributed by atoms with E-state index in [2.05, 4.69) is 0 Å². The lowest BCUT2D eigenvalue weighted by atomic mass is 10.1. The van der Waals surface area contributed by atoms with E-state index in [-0.39, 0.29) is 5.97 Å². The van der Waals surface area contributed by atoms with E-state index in [1.807, 2.05) is 26.8 Å². The van der Waals surface area contributed by atoms with Crippen LogP contribution in [0.25, 0.3) is 6.08 Å². The van der Waals surface area contributed by atoms with E-state index in [1.165, 1.54) is 6.08 Å². The van der Waals surface area contributed by atoms with Gasteiger partial charge < -0.3 is 14.2 Å². The molecule has 1 aromatic carbocycles.